The molecule has 0 fully saturated rings. The van der Waals surface area contributed by atoms with E-state index >= 15 is 0 Å². The van der Waals surface area contributed by atoms with Crippen molar-refractivity contribution in [1.82, 2.24) is 0 Å². The normalized spacial score (nSPS) is 11.7. The summed E-state index contributed by atoms with van der Waals surface area (Å²) in [6, 6.07) is 63.2. The van der Waals surface area contributed by atoms with Gasteiger partial charge >= 0.3 is 0 Å². The second-order valence-electron chi connectivity index (χ2n) is 12.6. The summed E-state index contributed by atoms with van der Waals surface area (Å²) in [4.78, 5) is 2.37. The second-order valence-corrected chi connectivity index (χ2v) is 13.6. The Labute approximate surface area is 287 Å². The molecule has 49 heavy (non-hydrogen) atoms. The Bertz CT molecular complexity index is 2830. The Morgan fingerprint density at radius 1 is 0.388 bits per heavy atom. The maximum atomic E-state index is 6.45. The third-order valence-electron chi connectivity index (χ3n) is 9.65. The summed E-state index contributed by atoms with van der Waals surface area (Å²) in [6.45, 7) is 0. The van der Waals surface area contributed by atoms with Crippen molar-refractivity contribution < 1.29 is 4.42 Å². The lowest BCUT2D eigenvalue weighted by atomic mass is 10.00. The van der Waals surface area contributed by atoms with Crippen molar-refractivity contribution in [3.63, 3.8) is 0 Å². The van der Waals surface area contributed by atoms with Gasteiger partial charge in [0, 0.05) is 53.6 Å². The van der Waals surface area contributed by atoms with Gasteiger partial charge in [-0.2, -0.15) is 0 Å². The van der Waals surface area contributed by atoms with Crippen molar-refractivity contribution >= 4 is 81.3 Å². The first-order valence-corrected chi connectivity index (χ1v) is 17.4. The molecular weight excluding hydrogens is 615 g/mol. The van der Waals surface area contributed by atoms with Gasteiger partial charge in [0.25, 0.3) is 0 Å². The van der Waals surface area contributed by atoms with E-state index in [2.05, 4.69) is 175 Å². The SMILES string of the molecule is c1ccc(-c2cccc3c2oc2ccc(-c4ccc(N(c5ccc6ccccc6c5)c5ccc6c(c5)sc5ccccc56)cc4)cc23)cc1. The Morgan fingerprint density at radius 3 is 1.98 bits per heavy atom. The lowest BCUT2D eigenvalue weighted by molar-refractivity contribution is 0.670. The number of furan rings is 1. The fourth-order valence-corrected chi connectivity index (χ4v) is 8.38. The molecule has 0 spiro atoms. The van der Waals surface area contributed by atoms with E-state index < -0.39 is 0 Å². The molecule has 0 aliphatic heterocycles. The smallest absolute Gasteiger partial charge is 0.143 e. The fourth-order valence-electron chi connectivity index (χ4n) is 7.24. The van der Waals surface area contributed by atoms with Crippen LogP contribution in [0.15, 0.2) is 180 Å². The van der Waals surface area contributed by atoms with E-state index in [1.807, 2.05) is 17.4 Å². The van der Waals surface area contributed by atoms with E-state index in [1.54, 1.807) is 0 Å². The summed E-state index contributed by atoms with van der Waals surface area (Å²) in [5.74, 6) is 0. The van der Waals surface area contributed by atoms with Gasteiger partial charge in [0.15, 0.2) is 0 Å². The van der Waals surface area contributed by atoms with Crippen LogP contribution in [0, 0.1) is 0 Å². The number of hydrogen-bond donors (Lipinski definition) is 0. The van der Waals surface area contributed by atoms with Gasteiger partial charge in [-0.25, -0.2) is 0 Å². The molecule has 3 heteroatoms. The van der Waals surface area contributed by atoms with Crippen LogP contribution in [-0.2, 0) is 0 Å². The standard InChI is InChI=1S/C46H29NOS/c1-2-10-32(11-3-1)38-14-8-15-41-42-28-34(20-26-43(42)48-46(38)41)31-17-21-35(22-18-31)47(36-23-19-30-9-4-5-12-33(30)27-36)37-24-25-40-39-13-6-7-16-44(39)49-45(40)29-37/h1-29H. The lowest BCUT2D eigenvalue weighted by Crippen LogP contribution is -2.09. The van der Waals surface area contributed by atoms with Crippen LogP contribution in [0.5, 0.6) is 0 Å². The summed E-state index contributed by atoms with van der Waals surface area (Å²) >= 11 is 1.85. The molecule has 0 radical (unpaired) electrons. The average molecular weight is 644 g/mol. The maximum absolute atomic E-state index is 6.45. The molecule has 0 saturated carbocycles. The Balaban J connectivity index is 1.07. The average Bonchev–Trinajstić information content (AvgIpc) is 3.73. The summed E-state index contributed by atoms with van der Waals surface area (Å²) < 4.78 is 9.06. The molecule has 2 heterocycles. The van der Waals surface area contributed by atoms with Gasteiger partial charge in [-0.1, -0.05) is 121 Å². The summed E-state index contributed by atoms with van der Waals surface area (Å²) in [7, 11) is 0. The highest BCUT2D eigenvalue weighted by molar-refractivity contribution is 7.25. The van der Waals surface area contributed by atoms with Crippen LogP contribution >= 0.6 is 11.3 Å². The molecule has 0 unspecified atom stereocenters. The molecule has 0 saturated heterocycles. The minimum Gasteiger partial charge on any atom is -0.455 e. The van der Waals surface area contributed by atoms with Crippen molar-refractivity contribution in [2.24, 2.45) is 0 Å². The van der Waals surface area contributed by atoms with Crippen LogP contribution in [0.2, 0.25) is 0 Å². The molecule has 8 aromatic carbocycles. The first-order chi connectivity index (χ1) is 24.3. The van der Waals surface area contributed by atoms with Crippen LogP contribution in [-0.4, -0.2) is 0 Å². The molecule has 0 aliphatic rings. The van der Waals surface area contributed by atoms with Crippen LogP contribution in [0.3, 0.4) is 0 Å². The molecule has 230 valence electrons. The number of nitrogens with zero attached hydrogens (tertiary/aromatic N) is 1. The molecule has 0 bridgehead atoms. The summed E-state index contributed by atoms with van der Waals surface area (Å²) in [5, 5.41) is 7.34. The quantitative estimate of drug-likeness (QED) is 0.186. The topological polar surface area (TPSA) is 16.4 Å². The van der Waals surface area contributed by atoms with E-state index in [-0.39, 0.29) is 0 Å². The largest absolute Gasteiger partial charge is 0.455 e. The molecule has 0 atom stereocenters. The zero-order valence-corrected chi connectivity index (χ0v) is 27.3. The molecule has 2 nitrogen and oxygen atoms in total. The highest BCUT2D eigenvalue weighted by Gasteiger charge is 2.17. The fraction of sp³-hybridized carbons (Fsp3) is 0. The van der Waals surface area contributed by atoms with Crippen LogP contribution in [0.1, 0.15) is 0 Å². The van der Waals surface area contributed by atoms with E-state index in [9.17, 15) is 0 Å². The van der Waals surface area contributed by atoms with Crippen molar-refractivity contribution in [1.29, 1.82) is 0 Å². The van der Waals surface area contributed by atoms with Gasteiger partial charge in [-0.3, -0.25) is 0 Å². The van der Waals surface area contributed by atoms with E-state index in [4.69, 9.17) is 4.42 Å². The van der Waals surface area contributed by atoms with Gasteiger partial charge in [-0.05, 0) is 82.1 Å². The zero-order chi connectivity index (χ0) is 32.3. The van der Waals surface area contributed by atoms with Gasteiger partial charge in [0.2, 0.25) is 0 Å². The van der Waals surface area contributed by atoms with Crippen LogP contribution in [0.4, 0.5) is 17.1 Å². The van der Waals surface area contributed by atoms with Crippen molar-refractivity contribution in [2.75, 3.05) is 4.90 Å². The number of benzene rings is 8. The van der Waals surface area contributed by atoms with Crippen molar-refractivity contribution in [2.45, 2.75) is 0 Å². The Hall–Kier alpha value is -6.16. The number of thiophene rings is 1. The first-order valence-electron chi connectivity index (χ1n) is 16.6. The highest BCUT2D eigenvalue weighted by atomic mass is 32.1. The number of para-hydroxylation sites is 1. The predicted molar refractivity (Wildman–Crippen MR) is 210 cm³/mol. The summed E-state index contributed by atoms with van der Waals surface area (Å²) in [6.07, 6.45) is 0. The Kier molecular flexibility index (Phi) is 6.39. The molecule has 0 N–H and O–H groups in total. The lowest BCUT2D eigenvalue weighted by Gasteiger charge is -2.26. The zero-order valence-electron chi connectivity index (χ0n) is 26.5. The van der Waals surface area contributed by atoms with E-state index in [0.717, 1.165) is 61.3 Å². The Morgan fingerprint density at radius 2 is 1.08 bits per heavy atom. The molecule has 2 aromatic heterocycles. The third-order valence-corrected chi connectivity index (χ3v) is 10.8. The first kappa shape index (κ1) is 27.9. The predicted octanol–water partition coefficient (Wildman–Crippen LogP) is 13.9. The molecule has 0 aliphatic carbocycles. The van der Waals surface area contributed by atoms with Crippen LogP contribution < -0.4 is 4.90 Å². The molecular formula is C46H29NOS. The molecule has 10 rings (SSSR count). The molecule has 10 aromatic rings. The number of hydrogen-bond acceptors (Lipinski definition) is 3. The second kappa shape index (κ2) is 11.2. The van der Waals surface area contributed by atoms with Crippen molar-refractivity contribution in [3.05, 3.63) is 176 Å². The van der Waals surface area contributed by atoms with Gasteiger partial charge in [0.05, 0.1) is 0 Å². The number of anilines is 3. The molecule has 0 amide bonds. The minimum atomic E-state index is 0.901. The van der Waals surface area contributed by atoms with Gasteiger partial charge in [-0.15, -0.1) is 11.3 Å². The summed E-state index contributed by atoms with van der Waals surface area (Å²) in [5.41, 5.74) is 9.81. The van der Waals surface area contributed by atoms with E-state index in [0.29, 0.717) is 0 Å². The van der Waals surface area contributed by atoms with Crippen molar-refractivity contribution in [3.8, 4) is 22.3 Å². The van der Waals surface area contributed by atoms with E-state index in [1.165, 1.54) is 30.9 Å². The minimum absolute atomic E-state index is 0.901. The number of fused-ring (bicyclic) bond motifs is 7. The monoisotopic (exact) mass is 643 g/mol. The van der Waals surface area contributed by atoms with Gasteiger partial charge in [0.1, 0.15) is 11.2 Å². The third kappa shape index (κ3) is 4.70. The van der Waals surface area contributed by atoms with Gasteiger partial charge < -0.3 is 9.32 Å². The van der Waals surface area contributed by atoms with Crippen LogP contribution in [0.25, 0.3) is 75.1 Å². The highest BCUT2D eigenvalue weighted by Crippen LogP contribution is 2.42. The number of rotatable bonds is 5. The maximum Gasteiger partial charge on any atom is 0.143 e.